The van der Waals surface area contributed by atoms with Crippen molar-refractivity contribution in [3.63, 3.8) is 0 Å². The van der Waals surface area contributed by atoms with Crippen molar-refractivity contribution < 1.29 is 8.42 Å². The van der Waals surface area contributed by atoms with Crippen molar-refractivity contribution in [2.45, 2.75) is 31.0 Å². The van der Waals surface area contributed by atoms with E-state index in [0.717, 1.165) is 9.35 Å². The maximum atomic E-state index is 12.1. The maximum absolute atomic E-state index is 12.1. The molecule has 0 spiro atoms. The van der Waals surface area contributed by atoms with Gasteiger partial charge in [0.15, 0.2) is 0 Å². The minimum atomic E-state index is -3.41. The Labute approximate surface area is 123 Å². The number of nitrogens with one attached hydrogen (secondary N) is 1. The minimum Gasteiger partial charge on any atom is -0.206 e. The highest BCUT2D eigenvalue weighted by Crippen LogP contribution is 2.30. The van der Waals surface area contributed by atoms with Gasteiger partial charge in [-0.1, -0.05) is 29.8 Å². The first-order valence-electron chi connectivity index (χ1n) is 5.12. The first-order chi connectivity index (χ1) is 7.77. The summed E-state index contributed by atoms with van der Waals surface area (Å²) in [6, 6.07) is 1.59. The highest BCUT2D eigenvalue weighted by molar-refractivity contribution is 9.11. The van der Waals surface area contributed by atoms with E-state index < -0.39 is 10.0 Å². The fraction of sp³-hybridized carbons (Fsp3) is 0.600. The van der Waals surface area contributed by atoms with E-state index in [-0.39, 0.29) is 12.0 Å². The fourth-order valence-corrected chi connectivity index (χ4v) is 5.92. The average molecular weight is 405 g/mol. The van der Waals surface area contributed by atoms with Crippen LogP contribution in [0.3, 0.4) is 0 Å². The van der Waals surface area contributed by atoms with Gasteiger partial charge in [-0.2, -0.15) is 0 Å². The third kappa shape index (κ3) is 4.02. The molecule has 0 saturated carbocycles. The molecule has 1 N–H and O–H groups in total. The van der Waals surface area contributed by atoms with Crippen LogP contribution in [0.25, 0.3) is 0 Å². The molecule has 0 radical (unpaired) electrons. The second-order valence-corrected chi connectivity index (χ2v) is 9.11. The highest BCUT2D eigenvalue weighted by atomic mass is 79.9. The zero-order chi connectivity index (χ0) is 13.2. The molecule has 1 rings (SSSR count). The first kappa shape index (κ1) is 15.6. The van der Waals surface area contributed by atoms with Gasteiger partial charge in [-0.25, -0.2) is 13.1 Å². The summed E-state index contributed by atoms with van der Waals surface area (Å²) in [7, 11) is -3.41. The number of rotatable bonds is 5. The fourth-order valence-electron chi connectivity index (χ4n) is 1.17. The van der Waals surface area contributed by atoms with Crippen molar-refractivity contribution in [1.82, 2.24) is 4.72 Å². The second kappa shape index (κ2) is 6.14. The van der Waals surface area contributed by atoms with Crippen molar-refractivity contribution >= 4 is 53.2 Å². The van der Waals surface area contributed by atoms with Gasteiger partial charge in [0.2, 0.25) is 10.0 Å². The van der Waals surface area contributed by atoms with E-state index in [2.05, 4.69) is 36.6 Å². The minimum absolute atomic E-state index is 0.0961. The van der Waals surface area contributed by atoms with Crippen molar-refractivity contribution in [1.29, 1.82) is 0 Å². The number of hydrogen-bond donors (Lipinski definition) is 1. The smallest absolute Gasteiger partial charge is 0.206 e. The normalized spacial score (nSPS) is 14.2. The quantitative estimate of drug-likeness (QED) is 0.763. The molecule has 0 aromatic carbocycles. The molecule has 0 aliphatic heterocycles. The van der Waals surface area contributed by atoms with Crippen LogP contribution in [0.1, 0.15) is 19.4 Å². The number of sulfonamides is 1. The Bertz CT molecular complexity index is 463. The van der Waals surface area contributed by atoms with Gasteiger partial charge in [-0.15, -0.1) is 11.3 Å². The number of alkyl halides is 1. The molecule has 1 heterocycles. The topological polar surface area (TPSA) is 46.2 Å². The lowest BCUT2D eigenvalue weighted by Gasteiger charge is -2.19. The van der Waals surface area contributed by atoms with Crippen molar-refractivity contribution in [2.24, 2.45) is 5.92 Å². The molecule has 1 aromatic heterocycles. The average Bonchev–Trinajstić information content (AvgIpc) is 2.56. The lowest BCUT2D eigenvalue weighted by molar-refractivity contribution is 0.484. The Balaban J connectivity index is 2.96. The number of hydrogen-bond acceptors (Lipinski definition) is 3. The van der Waals surface area contributed by atoms with Crippen LogP contribution in [-0.4, -0.2) is 19.8 Å². The predicted molar refractivity (Wildman–Crippen MR) is 79.5 cm³/mol. The Morgan fingerprint density at radius 3 is 2.41 bits per heavy atom. The van der Waals surface area contributed by atoms with Crippen LogP contribution in [-0.2, 0) is 10.0 Å². The molecule has 7 heteroatoms. The summed E-state index contributed by atoms with van der Waals surface area (Å²) < 4.78 is 28.2. The van der Waals surface area contributed by atoms with Crippen LogP contribution in [0, 0.1) is 12.8 Å². The molecule has 1 atom stereocenters. The zero-order valence-electron chi connectivity index (χ0n) is 9.83. The van der Waals surface area contributed by atoms with E-state index in [9.17, 15) is 8.42 Å². The third-order valence-corrected chi connectivity index (χ3v) is 7.17. The monoisotopic (exact) mass is 403 g/mol. The summed E-state index contributed by atoms with van der Waals surface area (Å²) >= 11 is 7.90. The molecule has 1 unspecified atom stereocenters. The van der Waals surface area contributed by atoms with Crippen LogP contribution >= 0.6 is 43.2 Å². The summed E-state index contributed by atoms with van der Waals surface area (Å²) in [5, 5.41) is 0.607. The number of thiophene rings is 1. The summed E-state index contributed by atoms with van der Waals surface area (Å²) in [6.07, 6.45) is 0. The molecule has 0 aliphatic rings. The predicted octanol–water partition coefficient (Wildman–Crippen LogP) is 3.52. The first-order valence-corrected chi connectivity index (χ1v) is 9.33. The molecule has 3 nitrogen and oxygen atoms in total. The zero-order valence-corrected chi connectivity index (χ0v) is 14.6. The van der Waals surface area contributed by atoms with Crippen LogP contribution in [0.2, 0.25) is 0 Å². The lowest BCUT2D eigenvalue weighted by Crippen LogP contribution is -2.39. The Morgan fingerprint density at radius 1 is 1.47 bits per heavy atom. The molecule has 0 amide bonds. The second-order valence-electron chi connectivity index (χ2n) is 4.15. The molecule has 98 valence electrons. The Kier molecular flexibility index (Phi) is 5.65. The van der Waals surface area contributed by atoms with Gasteiger partial charge in [0, 0.05) is 11.4 Å². The largest absolute Gasteiger partial charge is 0.250 e. The van der Waals surface area contributed by atoms with E-state index in [0.29, 0.717) is 9.54 Å². The molecule has 0 bridgehead atoms. The summed E-state index contributed by atoms with van der Waals surface area (Å²) in [6.45, 7) is 5.86. The molecular weight excluding hydrogens is 390 g/mol. The van der Waals surface area contributed by atoms with Crippen molar-refractivity contribution in [2.75, 3.05) is 5.33 Å². The van der Waals surface area contributed by atoms with Crippen LogP contribution in [0.5, 0.6) is 0 Å². The summed E-state index contributed by atoms with van der Waals surface area (Å²) in [5.74, 6) is 0.244. The highest BCUT2D eigenvalue weighted by Gasteiger charge is 2.23. The van der Waals surface area contributed by atoms with Crippen LogP contribution < -0.4 is 4.72 Å². The van der Waals surface area contributed by atoms with Crippen molar-refractivity contribution in [3.05, 3.63) is 15.4 Å². The van der Waals surface area contributed by atoms with Gasteiger partial charge >= 0.3 is 0 Å². The van der Waals surface area contributed by atoms with Gasteiger partial charge in [-0.05, 0) is 40.4 Å². The van der Waals surface area contributed by atoms with E-state index >= 15 is 0 Å². The van der Waals surface area contributed by atoms with Gasteiger partial charge in [0.05, 0.1) is 3.79 Å². The van der Waals surface area contributed by atoms with Gasteiger partial charge < -0.3 is 0 Å². The molecule has 17 heavy (non-hydrogen) atoms. The number of halogens is 2. The number of aryl methyl sites for hydroxylation is 1. The van der Waals surface area contributed by atoms with E-state index in [1.54, 1.807) is 6.07 Å². The van der Waals surface area contributed by atoms with Crippen LogP contribution in [0.15, 0.2) is 14.1 Å². The van der Waals surface area contributed by atoms with Gasteiger partial charge in [0.1, 0.15) is 4.21 Å². The summed E-state index contributed by atoms with van der Waals surface area (Å²) in [4.78, 5) is 0. The maximum Gasteiger partial charge on any atom is 0.250 e. The summed E-state index contributed by atoms with van der Waals surface area (Å²) in [5.41, 5.74) is 0.940. The lowest BCUT2D eigenvalue weighted by atomic mass is 10.1. The van der Waals surface area contributed by atoms with E-state index in [4.69, 9.17) is 0 Å². The SMILES string of the molecule is Cc1cc(S(=O)(=O)NC(CBr)C(C)C)sc1Br. The molecular formula is C10H15Br2NO2S2. The molecule has 1 aromatic rings. The molecule has 0 saturated heterocycles. The third-order valence-electron chi connectivity index (χ3n) is 2.38. The van der Waals surface area contributed by atoms with Gasteiger partial charge in [0.25, 0.3) is 0 Å². The van der Waals surface area contributed by atoms with Crippen molar-refractivity contribution in [3.8, 4) is 0 Å². The Hall–Kier alpha value is 0.570. The standard InChI is InChI=1S/C10H15Br2NO2S2/c1-6(2)8(5-11)13-17(14,15)9-4-7(3)10(12)16-9/h4,6,8,13H,5H2,1-3H3. The van der Waals surface area contributed by atoms with Crippen LogP contribution in [0.4, 0.5) is 0 Å². The Morgan fingerprint density at radius 2 is 2.06 bits per heavy atom. The van der Waals surface area contributed by atoms with Gasteiger partial charge in [-0.3, -0.25) is 0 Å². The van der Waals surface area contributed by atoms with E-state index in [1.807, 2.05) is 20.8 Å². The molecule has 0 fully saturated rings. The molecule has 0 aliphatic carbocycles. The van der Waals surface area contributed by atoms with E-state index in [1.165, 1.54) is 11.3 Å².